The minimum absolute atomic E-state index is 0.106. The third kappa shape index (κ3) is 2.88. The van der Waals surface area contributed by atoms with E-state index in [-0.39, 0.29) is 18.9 Å². The zero-order valence-electron chi connectivity index (χ0n) is 11.6. The number of hydrogen-bond acceptors (Lipinski definition) is 5. The molecule has 1 aromatic rings. The number of rotatable bonds is 4. The third-order valence-corrected chi connectivity index (χ3v) is 3.63. The Morgan fingerprint density at radius 3 is 2.85 bits per heavy atom. The number of carbonyl (C=O) groups excluding carboxylic acids is 1. The van der Waals surface area contributed by atoms with E-state index in [1.54, 1.807) is 18.2 Å². The highest BCUT2D eigenvalue weighted by molar-refractivity contribution is 5.90. The summed E-state index contributed by atoms with van der Waals surface area (Å²) in [6.45, 7) is 5.15. The van der Waals surface area contributed by atoms with Gasteiger partial charge in [-0.15, -0.1) is 0 Å². The Labute approximate surface area is 118 Å². The molecule has 0 N–H and O–H groups in total. The summed E-state index contributed by atoms with van der Waals surface area (Å²) in [6, 6.07) is 5.12. The number of benzene rings is 1. The van der Waals surface area contributed by atoms with Crippen LogP contribution in [0.1, 0.15) is 30.1 Å². The Bertz CT molecular complexity index is 497. The van der Waals surface area contributed by atoms with Gasteiger partial charge in [0.05, 0.1) is 5.56 Å². The summed E-state index contributed by atoms with van der Waals surface area (Å²) in [4.78, 5) is 14.4. The Morgan fingerprint density at radius 2 is 2.05 bits per heavy atom. The predicted octanol–water partition coefficient (Wildman–Crippen LogP) is 2.06. The minimum atomic E-state index is -0.310. The number of carbonyl (C=O) groups is 1. The van der Waals surface area contributed by atoms with Crippen LogP contribution in [0, 0.1) is 0 Å². The lowest BCUT2D eigenvalue weighted by molar-refractivity contribution is 0.0271. The average Bonchev–Trinajstić information content (AvgIpc) is 3.07. The number of esters is 1. The van der Waals surface area contributed by atoms with Crippen molar-refractivity contribution >= 4 is 5.97 Å². The van der Waals surface area contributed by atoms with Crippen LogP contribution in [-0.2, 0) is 4.74 Å². The van der Waals surface area contributed by atoms with E-state index >= 15 is 0 Å². The first-order valence-electron chi connectivity index (χ1n) is 7.05. The molecule has 1 fully saturated rings. The fourth-order valence-corrected chi connectivity index (χ4v) is 2.64. The lowest BCUT2D eigenvalue weighted by Crippen LogP contribution is -2.31. The summed E-state index contributed by atoms with van der Waals surface area (Å²) >= 11 is 0. The van der Waals surface area contributed by atoms with Gasteiger partial charge in [0.15, 0.2) is 11.5 Å². The molecule has 108 valence electrons. The summed E-state index contributed by atoms with van der Waals surface area (Å²) in [6.07, 6.45) is 2.37. The average molecular weight is 277 g/mol. The van der Waals surface area contributed by atoms with Crippen LogP contribution in [-0.4, -0.2) is 43.4 Å². The second-order valence-corrected chi connectivity index (χ2v) is 5.29. The van der Waals surface area contributed by atoms with Gasteiger partial charge in [0.25, 0.3) is 0 Å². The number of fused-ring (bicyclic) bond motifs is 1. The zero-order chi connectivity index (χ0) is 13.9. The largest absolute Gasteiger partial charge is 0.458 e. The molecule has 1 saturated heterocycles. The van der Waals surface area contributed by atoms with Crippen LogP contribution < -0.4 is 9.47 Å². The van der Waals surface area contributed by atoms with Gasteiger partial charge in [-0.25, -0.2) is 4.79 Å². The first-order chi connectivity index (χ1) is 9.72. The molecule has 0 aliphatic carbocycles. The van der Waals surface area contributed by atoms with Crippen molar-refractivity contribution in [2.24, 2.45) is 0 Å². The van der Waals surface area contributed by atoms with Gasteiger partial charge in [0.1, 0.15) is 6.10 Å². The molecule has 1 atom stereocenters. The molecule has 5 nitrogen and oxygen atoms in total. The van der Waals surface area contributed by atoms with Crippen molar-refractivity contribution in [1.82, 2.24) is 4.90 Å². The maximum absolute atomic E-state index is 12.1. The second kappa shape index (κ2) is 5.71. The van der Waals surface area contributed by atoms with Crippen molar-refractivity contribution in [1.29, 1.82) is 0 Å². The van der Waals surface area contributed by atoms with Crippen LogP contribution in [0.4, 0.5) is 0 Å². The molecule has 0 spiro atoms. The highest BCUT2D eigenvalue weighted by Crippen LogP contribution is 2.32. The second-order valence-electron chi connectivity index (χ2n) is 5.29. The third-order valence-electron chi connectivity index (χ3n) is 3.63. The van der Waals surface area contributed by atoms with Crippen molar-refractivity contribution in [3.8, 4) is 11.5 Å². The van der Waals surface area contributed by atoms with Crippen molar-refractivity contribution in [2.75, 3.05) is 26.4 Å². The molecular formula is C15H19NO4. The summed E-state index contributed by atoms with van der Waals surface area (Å²) in [5.74, 6) is 0.966. The van der Waals surface area contributed by atoms with Crippen LogP contribution in [0.3, 0.4) is 0 Å². The van der Waals surface area contributed by atoms with Gasteiger partial charge in [-0.3, -0.25) is 4.90 Å². The van der Waals surface area contributed by atoms with E-state index in [2.05, 4.69) is 4.90 Å². The molecule has 0 aromatic heterocycles. The molecule has 5 heteroatoms. The van der Waals surface area contributed by atoms with Crippen LogP contribution >= 0.6 is 0 Å². The fourth-order valence-electron chi connectivity index (χ4n) is 2.64. The normalized spacial score (nSPS) is 19.1. The molecule has 0 amide bonds. The molecule has 0 bridgehead atoms. The van der Waals surface area contributed by atoms with Crippen LogP contribution in [0.15, 0.2) is 18.2 Å². The highest BCUT2D eigenvalue weighted by Gasteiger charge is 2.20. The van der Waals surface area contributed by atoms with E-state index in [1.165, 1.54) is 12.8 Å². The Kier molecular flexibility index (Phi) is 3.78. The van der Waals surface area contributed by atoms with E-state index in [9.17, 15) is 4.79 Å². The maximum Gasteiger partial charge on any atom is 0.338 e. The lowest BCUT2D eigenvalue weighted by atomic mass is 10.2. The zero-order valence-corrected chi connectivity index (χ0v) is 11.6. The minimum Gasteiger partial charge on any atom is -0.458 e. The van der Waals surface area contributed by atoms with Crippen LogP contribution in [0.5, 0.6) is 11.5 Å². The van der Waals surface area contributed by atoms with Gasteiger partial charge < -0.3 is 14.2 Å². The SMILES string of the molecule is CC(CN1CCCC1)OC(=O)c1ccc2c(c1)OCO2. The molecule has 20 heavy (non-hydrogen) atoms. The van der Waals surface area contributed by atoms with E-state index in [4.69, 9.17) is 14.2 Å². The Balaban J connectivity index is 1.58. The fraction of sp³-hybridized carbons (Fsp3) is 0.533. The highest BCUT2D eigenvalue weighted by atomic mass is 16.7. The number of ether oxygens (including phenoxy) is 3. The summed E-state index contributed by atoms with van der Waals surface area (Å²) in [5.41, 5.74) is 0.502. The van der Waals surface area contributed by atoms with Gasteiger partial charge in [-0.05, 0) is 51.1 Å². The smallest absolute Gasteiger partial charge is 0.338 e. The van der Waals surface area contributed by atoms with Gasteiger partial charge in [-0.2, -0.15) is 0 Å². The van der Waals surface area contributed by atoms with E-state index < -0.39 is 0 Å². The molecular weight excluding hydrogens is 258 g/mol. The summed E-state index contributed by atoms with van der Waals surface area (Å²) < 4.78 is 16.0. The van der Waals surface area contributed by atoms with Crippen molar-refractivity contribution in [3.63, 3.8) is 0 Å². The van der Waals surface area contributed by atoms with E-state index in [1.807, 2.05) is 6.92 Å². The molecule has 0 saturated carbocycles. The molecule has 0 radical (unpaired) electrons. The molecule has 1 unspecified atom stereocenters. The van der Waals surface area contributed by atoms with Gasteiger partial charge in [0.2, 0.25) is 6.79 Å². The molecule has 2 aliphatic heterocycles. The van der Waals surface area contributed by atoms with Gasteiger partial charge in [0, 0.05) is 6.54 Å². The number of likely N-dealkylation sites (tertiary alicyclic amines) is 1. The van der Waals surface area contributed by atoms with Crippen LogP contribution in [0.2, 0.25) is 0 Å². The topological polar surface area (TPSA) is 48.0 Å². The van der Waals surface area contributed by atoms with Crippen LogP contribution in [0.25, 0.3) is 0 Å². The van der Waals surface area contributed by atoms with Crippen molar-refractivity contribution in [2.45, 2.75) is 25.9 Å². The quantitative estimate of drug-likeness (QED) is 0.788. The Morgan fingerprint density at radius 1 is 1.30 bits per heavy atom. The Hall–Kier alpha value is -1.75. The molecule has 1 aromatic carbocycles. The first-order valence-corrected chi connectivity index (χ1v) is 7.05. The standard InChI is InChI=1S/C15H19NO4/c1-11(9-16-6-2-3-7-16)20-15(17)12-4-5-13-14(8-12)19-10-18-13/h4-5,8,11H,2-3,6-7,9-10H2,1H3. The van der Waals surface area contributed by atoms with Crippen molar-refractivity contribution < 1.29 is 19.0 Å². The first kappa shape index (κ1) is 13.2. The molecule has 2 heterocycles. The molecule has 2 aliphatic rings. The van der Waals surface area contributed by atoms with Gasteiger partial charge >= 0.3 is 5.97 Å². The maximum atomic E-state index is 12.1. The predicted molar refractivity (Wildman–Crippen MR) is 73.1 cm³/mol. The van der Waals surface area contributed by atoms with E-state index in [0.717, 1.165) is 19.6 Å². The van der Waals surface area contributed by atoms with Crippen molar-refractivity contribution in [3.05, 3.63) is 23.8 Å². The monoisotopic (exact) mass is 277 g/mol. The lowest BCUT2D eigenvalue weighted by Gasteiger charge is -2.20. The summed E-state index contributed by atoms with van der Waals surface area (Å²) in [5, 5.41) is 0. The molecule has 3 rings (SSSR count). The van der Waals surface area contributed by atoms with Gasteiger partial charge in [-0.1, -0.05) is 0 Å². The number of nitrogens with zero attached hydrogens (tertiary/aromatic N) is 1. The van der Waals surface area contributed by atoms with E-state index in [0.29, 0.717) is 17.1 Å². The summed E-state index contributed by atoms with van der Waals surface area (Å²) in [7, 11) is 0. The number of hydrogen-bond donors (Lipinski definition) is 0.